The molecule has 5 nitrogen and oxygen atoms in total. The first-order valence-electron chi connectivity index (χ1n) is 5.24. The van der Waals surface area contributed by atoms with E-state index in [9.17, 15) is 4.79 Å². The third-order valence-corrected chi connectivity index (χ3v) is 2.74. The summed E-state index contributed by atoms with van der Waals surface area (Å²) in [5.41, 5.74) is 1.01. The second-order valence-corrected chi connectivity index (χ2v) is 4.05. The molecular formula is C10H16N4O. The zero-order valence-corrected chi connectivity index (χ0v) is 8.79. The maximum absolute atomic E-state index is 11.6. The Morgan fingerprint density at radius 1 is 1.73 bits per heavy atom. The minimum Gasteiger partial charge on any atom is -0.349 e. The van der Waals surface area contributed by atoms with Gasteiger partial charge in [-0.05, 0) is 25.9 Å². The normalized spacial score (nSPS) is 18.2. The van der Waals surface area contributed by atoms with Gasteiger partial charge in [-0.3, -0.25) is 9.89 Å². The van der Waals surface area contributed by atoms with Gasteiger partial charge in [-0.15, -0.1) is 0 Å². The molecule has 1 atom stereocenters. The maximum atomic E-state index is 11.6. The van der Waals surface area contributed by atoms with E-state index in [1.165, 1.54) is 0 Å². The van der Waals surface area contributed by atoms with E-state index in [0.717, 1.165) is 18.7 Å². The lowest BCUT2D eigenvalue weighted by Crippen LogP contribution is -2.44. The van der Waals surface area contributed by atoms with Gasteiger partial charge in [-0.1, -0.05) is 0 Å². The third-order valence-electron chi connectivity index (χ3n) is 2.74. The molecule has 0 saturated carbocycles. The van der Waals surface area contributed by atoms with Gasteiger partial charge in [0, 0.05) is 18.2 Å². The monoisotopic (exact) mass is 208 g/mol. The predicted octanol–water partition coefficient (Wildman–Crippen LogP) is 0.196. The Labute approximate surface area is 88.6 Å². The molecule has 0 spiro atoms. The molecule has 1 unspecified atom stereocenters. The van der Waals surface area contributed by atoms with Gasteiger partial charge in [0.15, 0.2) is 0 Å². The first kappa shape index (κ1) is 10.2. The maximum Gasteiger partial charge on any atom is 0.220 e. The van der Waals surface area contributed by atoms with E-state index in [4.69, 9.17) is 0 Å². The molecule has 5 heteroatoms. The number of nitrogens with zero attached hydrogens (tertiary/aromatic N) is 1. The number of hydrogen-bond acceptors (Lipinski definition) is 3. The summed E-state index contributed by atoms with van der Waals surface area (Å²) in [6.45, 7) is 3.89. The standard InChI is InChI=1S/C10H16N4O/c1-7(9-5-12-13-6-9)14-10(15)2-8-3-11-4-8/h5-8,11H,2-4H2,1H3,(H,12,13)(H,14,15). The van der Waals surface area contributed by atoms with Crippen molar-refractivity contribution in [1.82, 2.24) is 20.8 Å². The summed E-state index contributed by atoms with van der Waals surface area (Å²) < 4.78 is 0. The van der Waals surface area contributed by atoms with E-state index in [1.807, 2.05) is 6.92 Å². The number of carbonyl (C=O) groups is 1. The quantitative estimate of drug-likeness (QED) is 0.662. The Morgan fingerprint density at radius 2 is 2.53 bits per heavy atom. The van der Waals surface area contributed by atoms with Crippen LogP contribution >= 0.6 is 0 Å². The summed E-state index contributed by atoms with van der Waals surface area (Å²) in [7, 11) is 0. The first-order valence-corrected chi connectivity index (χ1v) is 5.24. The fourth-order valence-corrected chi connectivity index (χ4v) is 1.64. The highest BCUT2D eigenvalue weighted by Gasteiger charge is 2.21. The Hall–Kier alpha value is -1.36. The summed E-state index contributed by atoms with van der Waals surface area (Å²) in [5.74, 6) is 0.636. The molecule has 0 bridgehead atoms. The smallest absolute Gasteiger partial charge is 0.220 e. The number of nitrogens with one attached hydrogen (secondary N) is 3. The average Bonchev–Trinajstić information content (AvgIpc) is 2.64. The number of aromatic nitrogens is 2. The lowest BCUT2D eigenvalue weighted by Gasteiger charge is -2.26. The number of carbonyl (C=O) groups excluding carboxylic acids is 1. The van der Waals surface area contributed by atoms with Gasteiger partial charge >= 0.3 is 0 Å². The van der Waals surface area contributed by atoms with Crippen molar-refractivity contribution >= 4 is 5.91 Å². The highest BCUT2D eigenvalue weighted by molar-refractivity contribution is 5.76. The molecule has 1 aliphatic heterocycles. The summed E-state index contributed by atoms with van der Waals surface area (Å²) >= 11 is 0. The lowest BCUT2D eigenvalue weighted by atomic mass is 9.99. The van der Waals surface area contributed by atoms with Gasteiger partial charge in [0.25, 0.3) is 0 Å². The van der Waals surface area contributed by atoms with E-state index in [0.29, 0.717) is 12.3 Å². The Balaban J connectivity index is 1.78. The Bertz CT molecular complexity index is 318. The highest BCUT2D eigenvalue weighted by atomic mass is 16.1. The minimum absolute atomic E-state index is 0.0317. The highest BCUT2D eigenvalue weighted by Crippen LogP contribution is 2.12. The van der Waals surface area contributed by atoms with Crippen LogP contribution in [-0.2, 0) is 4.79 Å². The molecule has 1 fully saturated rings. The topological polar surface area (TPSA) is 69.8 Å². The second-order valence-electron chi connectivity index (χ2n) is 4.05. The average molecular weight is 208 g/mol. The molecule has 1 saturated heterocycles. The molecular weight excluding hydrogens is 192 g/mol. The van der Waals surface area contributed by atoms with Crippen LogP contribution in [0.15, 0.2) is 12.4 Å². The van der Waals surface area contributed by atoms with Crippen molar-refractivity contribution in [2.45, 2.75) is 19.4 Å². The van der Waals surface area contributed by atoms with Gasteiger partial charge in [0.05, 0.1) is 12.2 Å². The van der Waals surface area contributed by atoms with Crippen LogP contribution in [0.4, 0.5) is 0 Å². The molecule has 1 aliphatic rings. The molecule has 1 aromatic heterocycles. The number of rotatable bonds is 4. The molecule has 3 N–H and O–H groups in total. The molecule has 1 aromatic rings. The molecule has 15 heavy (non-hydrogen) atoms. The van der Waals surface area contributed by atoms with E-state index in [-0.39, 0.29) is 11.9 Å². The molecule has 1 amide bonds. The largest absolute Gasteiger partial charge is 0.349 e. The van der Waals surface area contributed by atoms with Crippen molar-refractivity contribution in [2.75, 3.05) is 13.1 Å². The van der Waals surface area contributed by atoms with Crippen LogP contribution in [0.3, 0.4) is 0 Å². The van der Waals surface area contributed by atoms with E-state index < -0.39 is 0 Å². The van der Waals surface area contributed by atoms with Crippen LogP contribution < -0.4 is 10.6 Å². The van der Waals surface area contributed by atoms with Crippen LogP contribution in [0, 0.1) is 5.92 Å². The van der Waals surface area contributed by atoms with Crippen LogP contribution in [0.2, 0.25) is 0 Å². The van der Waals surface area contributed by atoms with Crippen LogP contribution in [0.25, 0.3) is 0 Å². The zero-order chi connectivity index (χ0) is 10.7. The van der Waals surface area contributed by atoms with Gasteiger partial charge < -0.3 is 10.6 Å². The lowest BCUT2D eigenvalue weighted by molar-refractivity contribution is -0.123. The Kier molecular flexibility index (Phi) is 3.01. The van der Waals surface area contributed by atoms with Crippen molar-refractivity contribution in [3.05, 3.63) is 18.0 Å². The number of aromatic amines is 1. The van der Waals surface area contributed by atoms with Gasteiger partial charge in [-0.25, -0.2) is 0 Å². The van der Waals surface area contributed by atoms with Crippen molar-refractivity contribution in [1.29, 1.82) is 0 Å². The van der Waals surface area contributed by atoms with E-state index in [2.05, 4.69) is 20.8 Å². The first-order chi connectivity index (χ1) is 7.25. The molecule has 0 aliphatic carbocycles. The molecule has 2 rings (SSSR count). The van der Waals surface area contributed by atoms with Crippen LogP contribution in [-0.4, -0.2) is 29.2 Å². The van der Waals surface area contributed by atoms with E-state index in [1.54, 1.807) is 12.4 Å². The summed E-state index contributed by atoms with van der Waals surface area (Å²) in [4.78, 5) is 11.6. The van der Waals surface area contributed by atoms with Crippen LogP contribution in [0.5, 0.6) is 0 Å². The van der Waals surface area contributed by atoms with Crippen molar-refractivity contribution in [2.24, 2.45) is 5.92 Å². The summed E-state index contributed by atoms with van der Waals surface area (Å²) in [5, 5.41) is 12.7. The number of H-pyrrole nitrogens is 1. The molecule has 2 heterocycles. The zero-order valence-electron chi connectivity index (χ0n) is 8.79. The van der Waals surface area contributed by atoms with Crippen LogP contribution in [0.1, 0.15) is 24.9 Å². The van der Waals surface area contributed by atoms with Gasteiger partial charge in [-0.2, -0.15) is 5.10 Å². The fraction of sp³-hybridized carbons (Fsp3) is 0.600. The minimum atomic E-state index is 0.0317. The third kappa shape index (κ3) is 2.56. The van der Waals surface area contributed by atoms with Gasteiger partial charge in [0.1, 0.15) is 0 Å². The summed E-state index contributed by atoms with van der Waals surface area (Å²) in [6.07, 6.45) is 4.15. The van der Waals surface area contributed by atoms with Crippen molar-refractivity contribution < 1.29 is 4.79 Å². The van der Waals surface area contributed by atoms with E-state index >= 15 is 0 Å². The fourth-order valence-electron chi connectivity index (χ4n) is 1.64. The predicted molar refractivity (Wildman–Crippen MR) is 56.1 cm³/mol. The van der Waals surface area contributed by atoms with Crippen molar-refractivity contribution in [3.63, 3.8) is 0 Å². The second kappa shape index (κ2) is 4.44. The molecule has 0 radical (unpaired) electrons. The molecule has 82 valence electrons. The SMILES string of the molecule is CC(NC(=O)CC1CNC1)c1cn[nH]c1. The van der Waals surface area contributed by atoms with Gasteiger partial charge in [0.2, 0.25) is 5.91 Å². The Morgan fingerprint density at radius 3 is 3.07 bits per heavy atom. The molecule has 0 aromatic carbocycles. The number of amides is 1. The number of hydrogen-bond donors (Lipinski definition) is 3. The van der Waals surface area contributed by atoms with Crippen molar-refractivity contribution in [3.8, 4) is 0 Å². The summed E-state index contributed by atoms with van der Waals surface area (Å²) in [6, 6.07) is 0.0317.